The highest BCUT2D eigenvalue weighted by molar-refractivity contribution is 6.36. The molecular weight excluding hydrogens is 357 g/mol. The van der Waals surface area contributed by atoms with Crippen molar-refractivity contribution in [2.24, 2.45) is 0 Å². The molecule has 1 fully saturated rings. The molecule has 1 aliphatic rings. The quantitative estimate of drug-likeness (QED) is 0.849. The molecule has 132 valence electrons. The number of halogens is 2. The van der Waals surface area contributed by atoms with Gasteiger partial charge in [-0.05, 0) is 30.3 Å². The van der Waals surface area contributed by atoms with Crippen LogP contribution in [0.3, 0.4) is 0 Å². The summed E-state index contributed by atoms with van der Waals surface area (Å²) in [6.45, 7) is 3.81. The summed E-state index contributed by atoms with van der Waals surface area (Å²) in [5, 5.41) is 4.36. The third-order valence-corrected chi connectivity index (χ3v) is 4.89. The molecule has 1 N–H and O–H groups in total. The van der Waals surface area contributed by atoms with Crippen LogP contribution in [-0.4, -0.2) is 43.5 Å². The molecule has 2 aromatic carbocycles. The molecule has 1 heterocycles. The molecule has 0 saturated carbocycles. The maximum Gasteiger partial charge on any atom is 0.224 e. The number of rotatable bonds is 5. The highest BCUT2D eigenvalue weighted by Gasteiger charge is 2.20. The van der Waals surface area contributed by atoms with Crippen molar-refractivity contribution in [3.63, 3.8) is 0 Å². The summed E-state index contributed by atoms with van der Waals surface area (Å²) < 4.78 is 0. The molecule has 0 radical (unpaired) electrons. The predicted octanol–water partition coefficient (Wildman–Crippen LogP) is 4.14. The van der Waals surface area contributed by atoms with Gasteiger partial charge in [-0.25, -0.2) is 0 Å². The number of piperazine rings is 1. The Morgan fingerprint density at radius 1 is 1.00 bits per heavy atom. The molecule has 25 heavy (non-hydrogen) atoms. The van der Waals surface area contributed by atoms with Crippen LogP contribution in [0.2, 0.25) is 10.0 Å². The number of nitrogens with one attached hydrogen (secondary N) is 1. The fourth-order valence-electron chi connectivity index (χ4n) is 2.95. The summed E-state index contributed by atoms with van der Waals surface area (Å²) in [5.74, 6) is 0.172. The average Bonchev–Trinajstić information content (AvgIpc) is 2.64. The topological polar surface area (TPSA) is 35.6 Å². The molecule has 0 spiro atoms. The van der Waals surface area contributed by atoms with Crippen molar-refractivity contribution in [2.75, 3.05) is 42.9 Å². The van der Waals surface area contributed by atoms with Crippen molar-refractivity contribution in [3.05, 3.63) is 58.6 Å². The molecule has 0 bridgehead atoms. The minimum atomic E-state index is 0.172. The van der Waals surface area contributed by atoms with E-state index < -0.39 is 0 Å². The van der Waals surface area contributed by atoms with Crippen LogP contribution in [0.25, 0.3) is 0 Å². The molecule has 1 amide bonds. The number of nitrogens with zero attached hydrogens (tertiary/aromatic N) is 2. The van der Waals surface area contributed by atoms with Gasteiger partial charge in [0.1, 0.15) is 0 Å². The van der Waals surface area contributed by atoms with E-state index in [9.17, 15) is 4.79 Å². The van der Waals surface area contributed by atoms with Gasteiger partial charge in [0.2, 0.25) is 5.91 Å². The Hall–Kier alpha value is -1.91. The molecular formula is C19H21Cl2N3O. The lowest BCUT2D eigenvalue weighted by Gasteiger charge is -2.36. The number of carbonyl (C=O) groups excluding carboxylic acids is 1. The first-order chi connectivity index (χ1) is 12.1. The SMILES string of the molecule is O=C(CCNc1ccc(Cl)cc1Cl)N1CCN(c2ccccc2)CC1. The number of carbonyl (C=O) groups is 1. The fourth-order valence-corrected chi connectivity index (χ4v) is 3.42. The summed E-state index contributed by atoms with van der Waals surface area (Å²) in [4.78, 5) is 16.6. The Labute approximate surface area is 158 Å². The van der Waals surface area contributed by atoms with E-state index in [-0.39, 0.29) is 5.91 Å². The largest absolute Gasteiger partial charge is 0.383 e. The van der Waals surface area contributed by atoms with Gasteiger partial charge in [-0.15, -0.1) is 0 Å². The normalized spacial score (nSPS) is 14.5. The van der Waals surface area contributed by atoms with E-state index in [1.807, 2.05) is 29.2 Å². The van der Waals surface area contributed by atoms with Crippen molar-refractivity contribution in [1.29, 1.82) is 0 Å². The first-order valence-electron chi connectivity index (χ1n) is 8.40. The Balaban J connectivity index is 1.43. The van der Waals surface area contributed by atoms with Crippen LogP contribution in [0.15, 0.2) is 48.5 Å². The first kappa shape index (κ1) is 17.9. The molecule has 0 unspecified atom stereocenters. The van der Waals surface area contributed by atoms with Gasteiger partial charge in [-0.1, -0.05) is 41.4 Å². The Morgan fingerprint density at radius 2 is 1.72 bits per heavy atom. The molecule has 0 aromatic heterocycles. The van der Waals surface area contributed by atoms with Gasteiger partial charge in [0.15, 0.2) is 0 Å². The maximum absolute atomic E-state index is 12.4. The smallest absolute Gasteiger partial charge is 0.224 e. The van der Waals surface area contributed by atoms with Crippen LogP contribution >= 0.6 is 23.2 Å². The number of para-hydroxylation sites is 1. The molecule has 2 aromatic rings. The van der Waals surface area contributed by atoms with Crippen molar-refractivity contribution in [3.8, 4) is 0 Å². The van der Waals surface area contributed by atoms with E-state index >= 15 is 0 Å². The zero-order valence-corrected chi connectivity index (χ0v) is 15.4. The minimum Gasteiger partial charge on any atom is -0.383 e. The maximum atomic E-state index is 12.4. The van der Waals surface area contributed by atoms with Crippen LogP contribution in [-0.2, 0) is 4.79 Å². The van der Waals surface area contributed by atoms with Gasteiger partial charge in [-0.3, -0.25) is 4.79 Å². The van der Waals surface area contributed by atoms with Gasteiger partial charge in [0.05, 0.1) is 10.7 Å². The number of anilines is 2. The highest BCUT2D eigenvalue weighted by Crippen LogP contribution is 2.25. The molecule has 0 atom stereocenters. The molecule has 1 saturated heterocycles. The summed E-state index contributed by atoms with van der Waals surface area (Å²) >= 11 is 12.0. The Morgan fingerprint density at radius 3 is 2.40 bits per heavy atom. The minimum absolute atomic E-state index is 0.172. The second-order valence-corrected chi connectivity index (χ2v) is 6.85. The van der Waals surface area contributed by atoms with Crippen molar-refractivity contribution in [2.45, 2.75) is 6.42 Å². The van der Waals surface area contributed by atoms with Gasteiger partial charge in [0.25, 0.3) is 0 Å². The van der Waals surface area contributed by atoms with E-state index in [1.165, 1.54) is 5.69 Å². The number of hydrogen-bond acceptors (Lipinski definition) is 3. The van der Waals surface area contributed by atoms with Crippen molar-refractivity contribution in [1.82, 2.24) is 4.90 Å². The van der Waals surface area contributed by atoms with E-state index in [0.29, 0.717) is 23.0 Å². The van der Waals surface area contributed by atoms with E-state index in [2.05, 4.69) is 22.3 Å². The molecule has 0 aliphatic carbocycles. The number of benzene rings is 2. The van der Waals surface area contributed by atoms with Crippen molar-refractivity contribution >= 4 is 40.5 Å². The van der Waals surface area contributed by atoms with Crippen LogP contribution in [0.5, 0.6) is 0 Å². The Bertz CT molecular complexity index is 716. The lowest BCUT2D eigenvalue weighted by molar-refractivity contribution is -0.131. The predicted molar refractivity (Wildman–Crippen MR) is 105 cm³/mol. The van der Waals surface area contributed by atoms with Crippen LogP contribution in [0.4, 0.5) is 11.4 Å². The zero-order valence-electron chi connectivity index (χ0n) is 13.9. The average molecular weight is 378 g/mol. The monoisotopic (exact) mass is 377 g/mol. The number of hydrogen-bond donors (Lipinski definition) is 1. The first-order valence-corrected chi connectivity index (χ1v) is 9.16. The number of amides is 1. The second kappa shape index (κ2) is 8.45. The molecule has 1 aliphatic heterocycles. The van der Waals surface area contributed by atoms with Crippen LogP contribution < -0.4 is 10.2 Å². The van der Waals surface area contributed by atoms with Crippen LogP contribution in [0.1, 0.15) is 6.42 Å². The Kier molecular flexibility index (Phi) is 6.05. The molecule has 3 rings (SSSR count). The highest BCUT2D eigenvalue weighted by atomic mass is 35.5. The van der Waals surface area contributed by atoms with E-state index in [1.54, 1.807) is 12.1 Å². The standard InChI is InChI=1S/C19H21Cl2N3O/c20-15-6-7-18(17(21)14-15)22-9-8-19(25)24-12-10-23(11-13-24)16-4-2-1-3-5-16/h1-7,14,22H,8-13H2. The lowest BCUT2D eigenvalue weighted by Crippen LogP contribution is -2.49. The third kappa shape index (κ3) is 4.80. The van der Waals surface area contributed by atoms with Crippen molar-refractivity contribution < 1.29 is 4.79 Å². The second-order valence-electron chi connectivity index (χ2n) is 6.00. The van der Waals surface area contributed by atoms with Gasteiger partial charge < -0.3 is 15.1 Å². The summed E-state index contributed by atoms with van der Waals surface area (Å²) in [6.07, 6.45) is 0.449. The molecule has 6 heteroatoms. The third-order valence-electron chi connectivity index (χ3n) is 4.34. The van der Waals surface area contributed by atoms with E-state index in [0.717, 1.165) is 31.9 Å². The zero-order chi connectivity index (χ0) is 17.6. The van der Waals surface area contributed by atoms with Gasteiger partial charge in [-0.2, -0.15) is 0 Å². The van der Waals surface area contributed by atoms with Gasteiger partial charge >= 0.3 is 0 Å². The summed E-state index contributed by atoms with van der Waals surface area (Å²) in [7, 11) is 0. The summed E-state index contributed by atoms with van der Waals surface area (Å²) in [5.41, 5.74) is 2.02. The summed E-state index contributed by atoms with van der Waals surface area (Å²) in [6, 6.07) is 15.6. The lowest BCUT2D eigenvalue weighted by atomic mass is 10.2. The van der Waals surface area contributed by atoms with Gasteiger partial charge in [0, 0.05) is 49.9 Å². The van der Waals surface area contributed by atoms with Crippen LogP contribution in [0, 0.1) is 0 Å². The fraction of sp³-hybridized carbons (Fsp3) is 0.316. The molecule has 4 nitrogen and oxygen atoms in total. The van der Waals surface area contributed by atoms with E-state index in [4.69, 9.17) is 23.2 Å².